The van der Waals surface area contributed by atoms with Crippen LogP contribution in [0.4, 0.5) is 0 Å². The maximum absolute atomic E-state index is 10.5. The predicted octanol–water partition coefficient (Wildman–Crippen LogP) is 0.869. The number of nitrogens with two attached hydrogens (primary N) is 1. The van der Waals surface area contributed by atoms with Gasteiger partial charge in [0, 0.05) is 18.8 Å². The lowest BCUT2D eigenvalue weighted by atomic mass is 10.2. The van der Waals surface area contributed by atoms with Gasteiger partial charge in [0.1, 0.15) is 0 Å². The fraction of sp³-hybridized carbons (Fsp3) is 0.500. The normalized spacial score (nSPS) is 10.2. The number of hydrogen-bond donors (Lipinski definition) is 2. The summed E-state index contributed by atoms with van der Waals surface area (Å²) < 4.78 is 0. The first kappa shape index (κ1) is 12.6. The van der Waals surface area contributed by atoms with Crippen molar-refractivity contribution in [3.8, 4) is 0 Å². The third kappa shape index (κ3) is 6.14. The molecule has 0 spiro atoms. The summed E-state index contributed by atoms with van der Waals surface area (Å²) in [6.45, 7) is 1.88. The number of nitrogens with zero attached hydrogens (tertiary/aromatic N) is 1. The molecule has 1 aromatic rings. The summed E-state index contributed by atoms with van der Waals surface area (Å²) in [7, 11) is 0. The largest absolute Gasteiger partial charge is 0.370 e. The van der Waals surface area contributed by atoms with E-state index in [4.69, 9.17) is 5.73 Å². The Morgan fingerprint density at radius 3 is 2.94 bits per heavy atom. The molecule has 1 amide bonds. The molecule has 0 saturated carbocycles. The molecule has 0 aliphatic heterocycles. The molecular formula is C12H19N3O. The van der Waals surface area contributed by atoms with Crippen molar-refractivity contribution in [1.82, 2.24) is 10.3 Å². The van der Waals surface area contributed by atoms with Crippen LogP contribution in [0.2, 0.25) is 0 Å². The van der Waals surface area contributed by atoms with E-state index in [0.717, 1.165) is 32.4 Å². The number of unbranched alkanes of at least 4 members (excludes halogenated alkanes) is 1. The van der Waals surface area contributed by atoms with E-state index >= 15 is 0 Å². The van der Waals surface area contributed by atoms with E-state index in [-0.39, 0.29) is 5.91 Å². The van der Waals surface area contributed by atoms with Gasteiger partial charge < -0.3 is 11.1 Å². The number of carbonyl (C=O) groups is 1. The summed E-state index contributed by atoms with van der Waals surface area (Å²) in [5.41, 5.74) is 6.29. The van der Waals surface area contributed by atoms with Crippen molar-refractivity contribution in [2.75, 3.05) is 13.1 Å². The first-order valence-corrected chi connectivity index (χ1v) is 5.67. The van der Waals surface area contributed by atoms with Crippen LogP contribution >= 0.6 is 0 Å². The van der Waals surface area contributed by atoms with Gasteiger partial charge >= 0.3 is 0 Å². The van der Waals surface area contributed by atoms with Crippen LogP contribution in [-0.4, -0.2) is 24.0 Å². The second kappa shape index (κ2) is 7.82. The number of amides is 1. The predicted molar refractivity (Wildman–Crippen MR) is 63.9 cm³/mol. The molecule has 0 radical (unpaired) electrons. The van der Waals surface area contributed by atoms with Gasteiger partial charge in [-0.2, -0.15) is 0 Å². The Hall–Kier alpha value is -1.42. The number of aromatic nitrogens is 1. The minimum Gasteiger partial charge on any atom is -0.370 e. The Bertz CT molecular complexity index is 300. The topological polar surface area (TPSA) is 68.0 Å². The zero-order chi connectivity index (χ0) is 11.6. The molecule has 88 valence electrons. The zero-order valence-corrected chi connectivity index (χ0v) is 9.48. The number of carbonyl (C=O) groups excluding carboxylic acids is 1. The molecular weight excluding hydrogens is 202 g/mol. The van der Waals surface area contributed by atoms with E-state index in [0.29, 0.717) is 6.42 Å². The van der Waals surface area contributed by atoms with Gasteiger partial charge in [0.2, 0.25) is 5.91 Å². The van der Waals surface area contributed by atoms with Gasteiger partial charge in [0.05, 0.1) is 0 Å². The van der Waals surface area contributed by atoms with Crippen LogP contribution in [0.5, 0.6) is 0 Å². The molecule has 0 atom stereocenters. The van der Waals surface area contributed by atoms with Crippen LogP contribution in [-0.2, 0) is 11.2 Å². The Kier molecular flexibility index (Phi) is 6.18. The van der Waals surface area contributed by atoms with Crippen molar-refractivity contribution in [1.29, 1.82) is 0 Å². The van der Waals surface area contributed by atoms with E-state index in [1.54, 1.807) is 6.20 Å². The highest BCUT2D eigenvalue weighted by Crippen LogP contribution is 1.96. The molecule has 4 heteroatoms. The van der Waals surface area contributed by atoms with Gasteiger partial charge in [-0.25, -0.2) is 0 Å². The van der Waals surface area contributed by atoms with Gasteiger partial charge in [0.15, 0.2) is 0 Å². The number of nitrogens with one attached hydrogen (secondary N) is 1. The molecule has 16 heavy (non-hydrogen) atoms. The number of hydrogen-bond acceptors (Lipinski definition) is 3. The standard InChI is InChI=1S/C12H19N3O/c13-12(16)5-1-2-7-14-9-6-11-4-3-8-15-10-11/h3-4,8,10,14H,1-2,5-7,9H2,(H2,13,16). The summed E-state index contributed by atoms with van der Waals surface area (Å²) in [6, 6.07) is 4.02. The highest BCUT2D eigenvalue weighted by atomic mass is 16.1. The quantitative estimate of drug-likeness (QED) is 0.640. The Labute approximate surface area is 96.3 Å². The van der Waals surface area contributed by atoms with E-state index in [2.05, 4.69) is 16.4 Å². The van der Waals surface area contributed by atoms with Gasteiger partial charge in [-0.15, -0.1) is 0 Å². The van der Waals surface area contributed by atoms with Crippen LogP contribution in [0.15, 0.2) is 24.5 Å². The maximum atomic E-state index is 10.5. The second-order valence-electron chi connectivity index (χ2n) is 3.78. The minimum absolute atomic E-state index is 0.213. The summed E-state index contributed by atoms with van der Waals surface area (Å²) in [6.07, 6.45) is 7.01. The number of primary amides is 1. The number of rotatable bonds is 8. The third-order valence-corrected chi connectivity index (χ3v) is 2.34. The van der Waals surface area contributed by atoms with Crippen LogP contribution < -0.4 is 11.1 Å². The molecule has 0 unspecified atom stereocenters. The van der Waals surface area contributed by atoms with Crippen LogP contribution in [0.25, 0.3) is 0 Å². The van der Waals surface area contributed by atoms with Crippen molar-refractivity contribution in [2.45, 2.75) is 25.7 Å². The average Bonchev–Trinajstić information content (AvgIpc) is 2.29. The van der Waals surface area contributed by atoms with Crippen LogP contribution in [0, 0.1) is 0 Å². The van der Waals surface area contributed by atoms with Crippen LogP contribution in [0.3, 0.4) is 0 Å². The molecule has 0 aliphatic carbocycles. The Morgan fingerprint density at radius 1 is 1.38 bits per heavy atom. The lowest BCUT2D eigenvalue weighted by Gasteiger charge is -2.03. The second-order valence-corrected chi connectivity index (χ2v) is 3.78. The molecule has 0 aromatic carbocycles. The van der Waals surface area contributed by atoms with Gasteiger partial charge in [-0.1, -0.05) is 6.07 Å². The molecule has 0 saturated heterocycles. The third-order valence-electron chi connectivity index (χ3n) is 2.34. The molecule has 0 aliphatic rings. The molecule has 1 heterocycles. The molecule has 0 bridgehead atoms. The van der Waals surface area contributed by atoms with Crippen molar-refractivity contribution in [3.05, 3.63) is 30.1 Å². The molecule has 0 fully saturated rings. The fourth-order valence-corrected chi connectivity index (χ4v) is 1.45. The summed E-state index contributed by atoms with van der Waals surface area (Å²) in [4.78, 5) is 14.5. The summed E-state index contributed by atoms with van der Waals surface area (Å²) in [5, 5.41) is 3.33. The van der Waals surface area contributed by atoms with E-state index in [1.807, 2.05) is 12.3 Å². The fourth-order valence-electron chi connectivity index (χ4n) is 1.45. The summed E-state index contributed by atoms with van der Waals surface area (Å²) >= 11 is 0. The SMILES string of the molecule is NC(=O)CCCCNCCc1cccnc1. The molecule has 1 rings (SSSR count). The van der Waals surface area contributed by atoms with Crippen LogP contribution in [0.1, 0.15) is 24.8 Å². The Morgan fingerprint density at radius 2 is 2.25 bits per heavy atom. The van der Waals surface area contributed by atoms with Gasteiger partial charge in [-0.05, 0) is 44.0 Å². The summed E-state index contributed by atoms with van der Waals surface area (Å²) in [5.74, 6) is -0.213. The zero-order valence-electron chi connectivity index (χ0n) is 9.48. The molecule has 3 N–H and O–H groups in total. The molecule has 4 nitrogen and oxygen atoms in total. The van der Waals surface area contributed by atoms with E-state index < -0.39 is 0 Å². The smallest absolute Gasteiger partial charge is 0.217 e. The maximum Gasteiger partial charge on any atom is 0.217 e. The van der Waals surface area contributed by atoms with Crippen molar-refractivity contribution < 1.29 is 4.79 Å². The van der Waals surface area contributed by atoms with Gasteiger partial charge in [-0.3, -0.25) is 9.78 Å². The minimum atomic E-state index is -0.213. The first-order chi connectivity index (χ1) is 7.79. The lowest BCUT2D eigenvalue weighted by Crippen LogP contribution is -2.19. The van der Waals surface area contributed by atoms with Crippen molar-refractivity contribution in [2.24, 2.45) is 5.73 Å². The first-order valence-electron chi connectivity index (χ1n) is 5.67. The number of pyridine rings is 1. The highest BCUT2D eigenvalue weighted by Gasteiger charge is 1.95. The monoisotopic (exact) mass is 221 g/mol. The molecule has 1 aromatic heterocycles. The van der Waals surface area contributed by atoms with Gasteiger partial charge in [0.25, 0.3) is 0 Å². The lowest BCUT2D eigenvalue weighted by molar-refractivity contribution is -0.118. The highest BCUT2D eigenvalue weighted by molar-refractivity contribution is 5.73. The van der Waals surface area contributed by atoms with E-state index in [1.165, 1.54) is 5.56 Å². The Balaban J connectivity index is 1.94. The average molecular weight is 221 g/mol. The van der Waals surface area contributed by atoms with E-state index in [9.17, 15) is 4.79 Å². The van der Waals surface area contributed by atoms with Crippen molar-refractivity contribution in [3.63, 3.8) is 0 Å². The van der Waals surface area contributed by atoms with Crippen molar-refractivity contribution >= 4 is 5.91 Å².